The fourth-order valence-corrected chi connectivity index (χ4v) is 4.13. The van der Waals surface area contributed by atoms with E-state index >= 15 is 0 Å². The van der Waals surface area contributed by atoms with E-state index in [1.165, 1.54) is 38.4 Å². The van der Waals surface area contributed by atoms with E-state index in [2.05, 4.69) is 32.3 Å². The first-order valence-electron chi connectivity index (χ1n) is 10.5. The van der Waals surface area contributed by atoms with Gasteiger partial charge in [-0.1, -0.05) is 19.3 Å². The van der Waals surface area contributed by atoms with E-state index in [0.717, 1.165) is 30.3 Å². The van der Waals surface area contributed by atoms with Crippen molar-refractivity contribution in [3.8, 4) is 5.75 Å². The Bertz CT molecular complexity index is 812. The van der Waals surface area contributed by atoms with Crippen LogP contribution in [0.25, 0.3) is 0 Å². The van der Waals surface area contributed by atoms with Gasteiger partial charge in [-0.15, -0.1) is 0 Å². The Labute approximate surface area is 172 Å². The third kappa shape index (κ3) is 4.78. The molecule has 4 rings (SSSR count). The van der Waals surface area contributed by atoms with Gasteiger partial charge in [-0.25, -0.2) is 9.97 Å². The molecule has 29 heavy (non-hydrogen) atoms. The first-order valence-corrected chi connectivity index (χ1v) is 10.5. The quantitative estimate of drug-likeness (QED) is 0.838. The number of nitrogens with zero attached hydrogens (tertiary/aromatic N) is 4. The second kappa shape index (κ2) is 9.11. The molecular weight excluding hydrogens is 366 g/mol. The third-order valence-corrected chi connectivity index (χ3v) is 5.85. The number of carbonyl (C=O) groups excluding carboxylic acids is 1. The zero-order valence-corrected chi connectivity index (χ0v) is 17.0. The molecule has 1 aromatic heterocycles. The van der Waals surface area contributed by atoms with Crippen molar-refractivity contribution in [3.63, 3.8) is 0 Å². The van der Waals surface area contributed by atoms with Crippen LogP contribution in [0.1, 0.15) is 42.6 Å². The van der Waals surface area contributed by atoms with Gasteiger partial charge in [-0.05, 0) is 37.1 Å². The maximum Gasteiger partial charge on any atom is 0.272 e. The fraction of sp³-hybridized carbons (Fsp3) is 0.500. The van der Waals surface area contributed by atoms with Crippen LogP contribution in [0, 0.1) is 0 Å². The number of nitrogens with one attached hydrogen (secondary N) is 1. The number of anilines is 2. The van der Waals surface area contributed by atoms with Gasteiger partial charge in [-0.3, -0.25) is 4.79 Å². The molecule has 2 aliphatic rings. The number of amides is 1. The number of piperazine rings is 1. The van der Waals surface area contributed by atoms with Crippen molar-refractivity contribution in [1.29, 1.82) is 0 Å². The Hall–Kier alpha value is -2.83. The highest BCUT2D eigenvalue weighted by Crippen LogP contribution is 2.22. The highest BCUT2D eigenvalue weighted by atomic mass is 16.5. The van der Waals surface area contributed by atoms with Crippen molar-refractivity contribution in [1.82, 2.24) is 14.9 Å². The van der Waals surface area contributed by atoms with Gasteiger partial charge in [0.2, 0.25) is 0 Å². The van der Waals surface area contributed by atoms with Crippen LogP contribution in [0.5, 0.6) is 5.75 Å². The number of rotatable bonds is 5. The summed E-state index contributed by atoms with van der Waals surface area (Å²) in [7, 11) is 1.67. The molecule has 2 heterocycles. The summed E-state index contributed by atoms with van der Waals surface area (Å²) in [5.41, 5.74) is 1.62. The summed E-state index contributed by atoms with van der Waals surface area (Å²) < 4.78 is 5.22. The number of hydrogen-bond acceptors (Lipinski definition) is 6. The van der Waals surface area contributed by atoms with Gasteiger partial charge < -0.3 is 19.9 Å². The Morgan fingerprint density at radius 2 is 1.76 bits per heavy atom. The normalized spacial score (nSPS) is 17.8. The molecule has 1 amide bonds. The molecule has 1 saturated carbocycles. The summed E-state index contributed by atoms with van der Waals surface area (Å²) in [6.07, 6.45) is 7.65. The zero-order valence-electron chi connectivity index (χ0n) is 17.0. The van der Waals surface area contributed by atoms with Crippen LogP contribution < -0.4 is 15.0 Å². The highest BCUT2D eigenvalue weighted by Gasteiger charge is 2.24. The van der Waals surface area contributed by atoms with E-state index in [1.807, 2.05) is 17.0 Å². The lowest BCUT2D eigenvalue weighted by molar-refractivity contribution is 0.0740. The molecule has 2 aromatic rings. The predicted octanol–water partition coefficient (Wildman–Crippen LogP) is 3.19. The molecule has 1 aliphatic carbocycles. The van der Waals surface area contributed by atoms with Crippen LogP contribution in [-0.4, -0.2) is 60.1 Å². The summed E-state index contributed by atoms with van der Waals surface area (Å²) in [5.74, 6) is 1.59. The van der Waals surface area contributed by atoms with Gasteiger partial charge in [-0.2, -0.15) is 0 Å². The average molecular weight is 396 g/mol. The maximum atomic E-state index is 12.9. The van der Waals surface area contributed by atoms with Gasteiger partial charge in [0.1, 0.15) is 23.6 Å². The molecule has 1 N–H and O–H groups in total. The van der Waals surface area contributed by atoms with Gasteiger partial charge in [0.15, 0.2) is 0 Å². The largest absolute Gasteiger partial charge is 0.497 e. The van der Waals surface area contributed by atoms with Gasteiger partial charge in [0.05, 0.1) is 7.11 Å². The highest BCUT2D eigenvalue weighted by molar-refractivity contribution is 5.93. The lowest BCUT2D eigenvalue weighted by Crippen LogP contribution is -2.49. The summed E-state index contributed by atoms with van der Waals surface area (Å²) in [6, 6.07) is 10.3. The molecule has 0 radical (unpaired) electrons. The summed E-state index contributed by atoms with van der Waals surface area (Å²) >= 11 is 0. The molecule has 1 saturated heterocycles. The first kappa shape index (κ1) is 19.5. The Morgan fingerprint density at radius 1 is 1.03 bits per heavy atom. The SMILES string of the molecule is COc1ccc(N2CCN(C(=O)c3cc(NC4CCCCC4)ncn3)CC2)cc1. The van der Waals surface area contributed by atoms with Crippen LogP contribution in [0.4, 0.5) is 11.5 Å². The van der Waals surface area contributed by atoms with E-state index in [1.54, 1.807) is 13.2 Å². The first-order chi connectivity index (χ1) is 14.2. The Kier molecular flexibility index (Phi) is 6.12. The molecule has 1 aromatic carbocycles. The third-order valence-electron chi connectivity index (χ3n) is 5.85. The molecule has 0 atom stereocenters. The van der Waals surface area contributed by atoms with Crippen LogP contribution >= 0.6 is 0 Å². The molecule has 7 nitrogen and oxygen atoms in total. The fourth-order valence-electron chi connectivity index (χ4n) is 4.13. The molecule has 154 valence electrons. The van der Waals surface area contributed by atoms with Crippen LogP contribution in [0.15, 0.2) is 36.7 Å². The molecule has 0 unspecified atom stereocenters. The zero-order chi connectivity index (χ0) is 20.1. The van der Waals surface area contributed by atoms with E-state index in [-0.39, 0.29) is 5.91 Å². The van der Waals surface area contributed by atoms with Crippen LogP contribution in [0.2, 0.25) is 0 Å². The lowest BCUT2D eigenvalue weighted by atomic mass is 9.95. The minimum atomic E-state index is -0.0199. The van der Waals surface area contributed by atoms with Crippen molar-refractivity contribution in [2.24, 2.45) is 0 Å². The Morgan fingerprint density at radius 3 is 2.45 bits per heavy atom. The second-order valence-corrected chi connectivity index (χ2v) is 7.75. The van der Waals surface area contributed by atoms with Crippen molar-refractivity contribution in [2.75, 3.05) is 43.5 Å². The van der Waals surface area contributed by atoms with E-state index in [9.17, 15) is 4.79 Å². The van der Waals surface area contributed by atoms with Gasteiger partial charge in [0, 0.05) is 44.0 Å². The number of ether oxygens (including phenoxy) is 1. The smallest absolute Gasteiger partial charge is 0.272 e. The molecule has 2 fully saturated rings. The summed E-state index contributed by atoms with van der Waals surface area (Å²) in [5, 5.41) is 3.48. The average Bonchev–Trinajstić information content (AvgIpc) is 2.80. The number of carbonyl (C=O) groups is 1. The summed E-state index contributed by atoms with van der Waals surface area (Å²) in [6.45, 7) is 2.97. The van der Waals surface area contributed by atoms with E-state index < -0.39 is 0 Å². The molecule has 0 bridgehead atoms. The number of aromatic nitrogens is 2. The van der Waals surface area contributed by atoms with Crippen LogP contribution in [-0.2, 0) is 0 Å². The topological polar surface area (TPSA) is 70.6 Å². The monoisotopic (exact) mass is 395 g/mol. The molecular formula is C22H29N5O2. The lowest BCUT2D eigenvalue weighted by Gasteiger charge is -2.36. The number of benzene rings is 1. The molecule has 7 heteroatoms. The Balaban J connectivity index is 1.34. The van der Waals surface area contributed by atoms with Gasteiger partial charge >= 0.3 is 0 Å². The van der Waals surface area contributed by atoms with Crippen molar-refractivity contribution in [2.45, 2.75) is 38.1 Å². The second-order valence-electron chi connectivity index (χ2n) is 7.75. The molecule has 0 spiro atoms. The van der Waals surface area contributed by atoms with E-state index in [0.29, 0.717) is 24.8 Å². The van der Waals surface area contributed by atoms with Crippen LogP contribution in [0.3, 0.4) is 0 Å². The number of hydrogen-bond donors (Lipinski definition) is 1. The van der Waals surface area contributed by atoms with Crippen molar-refractivity contribution in [3.05, 3.63) is 42.4 Å². The predicted molar refractivity (Wildman–Crippen MR) is 114 cm³/mol. The summed E-state index contributed by atoms with van der Waals surface area (Å²) in [4.78, 5) is 25.7. The van der Waals surface area contributed by atoms with Gasteiger partial charge in [0.25, 0.3) is 5.91 Å². The standard InChI is InChI=1S/C22H29N5O2/c1-29-19-9-7-18(8-10-19)26-11-13-27(14-12-26)22(28)20-15-21(24-16-23-20)25-17-5-3-2-4-6-17/h7-10,15-17H,2-6,11-14H2,1H3,(H,23,24,25). The molecule has 1 aliphatic heterocycles. The number of methoxy groups -OCH3 is 1. The minimum absolute atomic E-state index is 0.0199. The van der Waals surface area contributed by atoms with Crippen molar-refractivity contribution < 1.29 is 9.53 Å². The minimum Gasteiger partial charge on any atom is -0.497 e. The van der Waals surface area contributed by atoms with Crippen molar-refractivity contribution >= 4 is 17.4 Å². The maximum absolute atomic E-state index is 12.9. The van der Waals surface area contributed by atoms with E-state index in [4.69, 9.17) is 4.74 Å².